The second kappa shape index (κ2) is 6.38. The molecule has 3 rings (SSSR count). The van der Waals surface area contributed by atoms with Crippen LogP contribution in [0.2, 0.25) is 5.02 Å². The fraction of sp³-hybridized carbons (Fsp3) is 0.125. The van der Waals surface area contributed by atoms with Crippen LogP contribution >= 0.6 is 24.0 Å². The van der Waals surface area contributed by atoms with Crippen molar-refractivity contribution in [3.05, 3.63) is 53.1 Å². The number of aromatic nitrogens is 2. The number of benzene rings is 2. The summed E-state index contributed by atoms with van der Waals surface area (Å²) in [7, 11) is 0. The van der Waals surface area contributed by atoms with E-state index in [2.05, 4.69) is 9.97 Å². The van der Waals surface area contributed by atoms with Gasteiger partial charge in [-0.15, -0.1) is 12.4 Å². The van der Waals surface area contributed by atoms with Crippen LogP contribution in [0.5, 0.6) is 0 Å². The molecule has 4 nitrogen and oxygen atoms in total. The molecular weight excluding hydrogens is 323 g/mol. The number of carboxylic acid groups (broad SMARTS) is 1. The van der Waals surface area contributed by atoms with Crippen molar-refractivity contribution in [3.8, 4) is 11.4 Å². The predicted octanol–water partition coefficient (Wildman–Crippen LogP) is 4.49. The fourth-order valence-electron chi connectivity index (χ4n) is 2.18. The van der Waals surface area contributed by atoms with Crippen LogP contribution in [0.3, 0.4) is 0 Å². The van der Waals surface area contributed by atoms with E-state index in [1.165, 1.54) is 0 Å². The van der Waals surface area contributed by atoms with Crippen molar-refractivity contribution in [2.24, 2.45) is 0 Å². The van der Waals surface area contributed by atoms with Gasteiger partial charge in [-0.3, -0.25) is 4.79 Å². The van der Waals surface area contributed by atoms with Gasteiger partial charge in [0.2, 0.25) is 0 Å². The van der Waals surface area contributed by atoms with E-state index in [4.69, 9.17) is 16.7 Å². The quantitative estimate of drug-likeness (QED) is 0.740. The topological polar surface area (TPSA) is 66.0 Å². The number of H-pyrrole nitrogens is 1. The number of nitrogens with one attached hydrogen (secondary N) is 1. The summed E-state index contributed by atoms with van der Waals surface area (Å²) in [6, 6.07) is 12.9. The molecule has 0 fully saturated rings. The Bertz CT molecular complexity index is 813. The van der Waals surface area contributed by atoms with Crippen LogP contribution in [0, 0.1) is 0 Å². The minimum atomic E-state index is -0.841. The van der Waals surface area contributed by atoms with E-state index in [-0.39, 0.29) is 12.4 Å². The molecule has 0 amide bonds. The number of aromatic amines is 1. The summed E-state index contributed by atoms with van der Waals surface area (Å²) in [5.41, 5.74) is 3.32. The third kappa shape index (κ3) is 3.08. The number of aliphatic carboxylic acids is 1. The average molecular weight is 337 g/mol. The van der Waals surface area contributed by atoms with Gasteiger partial charge in [0.1, 0.15) is 5.82 Å². The number of fused-ring (bicyclic) bond motifs is 1. The van der Waals surface area contributed by atoms with Crippen LogP contribution in [0.1, 0.15) is 18.4 Å². The summed E-state index contributed by atoms with van der Waals surface area (Å²) in [4.78, 5) is 18.8. The van der Waals surface area contributed by atoms with Crippen molar-refractivity contribution in [1.29, 1.82) is 0 Å². The standard InChI is InChI=1S/C16H13ClN2O2.ClH/c1-9(16(20)21)11-4-7-13-14(8-11)19-15(18-13)10-2-5-12(17)6-3-10;/h2-9H,1H3,(H,18,19)(H,20,21);1H. The highest BCUT2D eigenvalue weighted by molar-refractivity contribution is 6.30. The van der Waals surface area contributed by atoms with E-state index in [0.717, 1.165) is 28.0 Å². The second-order valence-electron chi connectivity index (χ2n) is 4.93. The molecular formula is C16H14Cl2N2O2. The molecule has 114 valence electrons. The van der Waals surface area contributed by atoms with Gasteiger partial charge in [-0.1, -0.05) is 17.7 Å². The molecule has 0 radical (unpaired) electrons. The minimum absolute atomic E-state index is 0. The van der Waals surface area contributed by atoms with Gasteiger partial charge in [-0.25, -0.2) is 4.98 Å². The zero-order chi connectivity index (χ0) is 15.0. The largest absolute Gasteiger partial charge is 0.481 e. The Hall–Kier alpha value is -2.04. The molecule has 0 bridgehead atoms. The number of imidazole rings is 1. The Morgan fingerprint density at radius 2 is 1.91 bits per heavy atom. The molecule has 2 aromatic carbocycles. The Morgan fingerprint density at radius 3 is 2.55 bits per heavy atom. The second-order valence-corrected chi connectivity index (χ2v) is 5.37. The van der Waals surface area contributed by atoms with Crippen molar-refractivity contribution < 1.29 is 9.90 Å². The molecule has 0 aliphatic heterocycles. The smallest absolute Gasteiger partial charge is 0.310 e. The van der Waals surface area contributed by atoms with Crippen LogP contribution in [0.15, 0.2) is 42.5 Å². The molecule has 0 saturated heterocycles. The lowest BCUT2D eigenvalue weighted by atomic mass is 10.0. The number of carbonyl (C=O) groups is 1. The lowest BCUT2D eigenvalue weighted by Crippen LogP contribution is -2.06. The first-order chi connectivity index (χ1) is 10.0. The van der Waals surface area contributed by atoms with E-state index >= 15 is 0 Å². The van der Waals surface area contributed by atoms with Crippen LogP contribution in [0.4, 0.5) is 0 Å². The normalized spacial score (nSPS) is 11.9. The maximum absolute atomic E-state index is 11.1. The average Bonchev–Trinajstić information content (AvgIpc) is 2.89. The molecule has 1 aromatic heterocycles. The highest BCUT2D eigenvalue weighted by Crippen LogP contribution is 2.25. The lowest BCUT2D eigenvalue weighted by Gasteiger charge is -2.05. The Labute approximate surface area is 138 Å². The van der Waals surface area contributed by atoms with Crippen LogP contribution in [-0.4, -0.2) is 21.0 Å². The summed E-state index contributed by atoms with van der Waals surface area (Å²) in [6.07, 6.45) is 0. The van der Waals surface area contributed by atoms with Gasteiger partial charge in [0.25, 0.3) is 0 Å². The Balaban J connectivity index is 0.00000176. The van der Waals surface area contributed by atoms with E-state index in [1.807, 2.05) is 36.4 Å². The molecule has 1 atom stereocenters. The number of nitrogens with zero attached hydrogens (tertiary/aromatic N) is 1. The van der Waals surface area contributed by atoms with Crippen LogP contribution < -0.4 is 0 Å². The predicted molar refractivity (Wildman–Crippen MR) is 89.8 cm³/mol. The van der Waals surface area contributed by atoms with Gasteiger partial charge in [-0.05, 0) is 48.9 Å². The minimum Gasteiger partial charge on any atom is -0.481 e. The summed E-state index contributed by atoms with van der Waals surface area (Å²) in [5, 5.41) is 9.75. The first kappa shape index (κ1) is 16.3. The molecule has 6 heteroatoms. The first-order valence-electron chi connectivity index (χ1n) is 6.53. The zero-order valence-electron chi connectivity index (χ0n) is 11.7. The van der Waals surface area contributed by atoms with Crippen LogP contribution in [0.25, 0.3) is 22.4 Å². The molecule has 0 aliphatic carbocycles. The van der Waals surface area contributed by atoms with Crippen LogP contribution in [-0.2, 0) is 4.79 Å². The van der Waals surface area contributed by atoms with Crippen molar-refractivity contribution >= 4 is 41.0 Å². The van der Waals surface area contributed by atoms with E-state index < -0.39 is 11.9 Å². The van der Waals surface area contributed by atoms with E-state index in [1.54, 1.807) is 13.0 Å². The third-order valence-corrected chi connectivity index (χ3v) is 3.75. The van der Waals surface area contributed by atoms with Crippen molar-refractivity contribution in [2.75, 3.05) is 0 Å². The molecule has 1 heterocycles. The number of hydrogen-bond acceptors (Lipinski definition) is 2. The first-order valence-corrected chi connectivity index (χ1v) is 6.91. The van der Waals surface area contributed by atoms with Gasteiger partial charge in [0, 0.05) is 10.6 Å². The number of carboxylic acids is 1. The van der Waals surface area contributed by atoms with Gasteiger partial charge in [0.15, 0.2) is 0 Å². The molecule has 0 saturated carbocycles. The maximum Gasteiger partial charge on any atom is 0.310 e. The summed E-state index contributed by atoms with van der Waals surface area (Å²) >= 11 is 5.88. The number of hydrogen-bond donors (Lipinski definition) is 2. The van der Waals surface area contributed by atoms with Crippen molar-refractivity contribution in [3.63, 3.8) is 0 Å². The highest BCUT2D eigenvalue weighted by atomic mass is 35.5. The molecule has 1 unspecified atom stereocenters. The summed E-state index contributed by atoms with van der Waals surface area (Å²) in [6.45, 7) is 1.67. The number of rotatable bonds is 3. The van der Waals surface area contributed by atoms with Crippen molar-refractivity contribution in [2.45, 2.75) is 12.8 Å². The van der Waals surface area contributed by atoms with E-state index in [9.17, 15) is 4.79 Å². The fourth-order valence-corrected chi connectivity index (χ4v) is 2.31. The molecule has 0 spiro atoms. The highest BCUT2D eigenvalue weighted by Gasteiger charge is 2.15. The van der Waals surface area contributed by atoms with Gasteiger partial charge < -0.3 is 10.1 Å². The third-order valence-electron chi connectivity index (χ3n) is 3.49. The van der Waals surface area contributed by atoms with Gasteiger partial charge >= 0.3 is 5.97 Å². The Morgan fingerprint density at radius 1 is 1.23 bits per heavy atom. The Kier molecular flexibility index (Phi) is 4.74. The zero-order valence-corrected chi connectivity index (χ0v) is 13.3. The molecule has 3 aromatic rings. The lowest BCUT2D eigenvalue weighted by molar-refractivity contribution is -0.138. The molecule has 2 N–H and O–H groups in total. The monoisotopic (exact) mass is 336 g/mol. The van der Waals surface area contributed by atoms with Gasteiger partial charge in [-0.2, -0.15) is 0 Å². The van der Waals surface area contributed by atoms with Gasteiger partial charge in [0.05, 0.1) is 17.0 Å². The van der Waals surface area contributed by atoms with E-state index in [0.29, 0.717) is 5.02 Å². The maximum atomic E-state index is 11.1. The molecule has 22 heavy (non-hydrogen) atoms. The SMILES string of the molecule is CC(C(=O)O)c1ccc2nc(-c3ccc(Cl)cc3)[nH]c2c1.Cl. The summed E-state index contributed by atoms with van der Waals surface area (Å²) in [5.74, 6) is -0.648. The van der Waals surface area contributed by atoms with Crippen molar-refractivity contribution in [1.82, 2.24) is 9.97 Å². The molecule has 0 aliphatic rings. The summed E-state index contributed by atoms with van der Waals surface area (Å²) < 4.78 is 0. The number of halogens is 2.